The van der Waals surface area contributed by atoms with Crippen molar-refractivity contribution in [3.05, 3.63) is 34.6 Å². The summed E-state index contributed by atoms with van der Waals surface area (Å²) in [6, 6.07) is 1.36. The second-order valence-corrected chi connectivity index (χ2v) is 4.38. The fourth-order valence-electron chi connectivity index (χ4n) is 1.75. The summed E-state index contributed by atoms with van der Waals surface area (Å²) in [5, 5.41) is 4.10. The van der Waals surface area contributed by atoms with E-state index in [-0.39, 0.29) is 5.56 Å². The summed E-state index contributed by atoms with van der Waals surface area (Å²) in [7, 11) is 0. The third-order valence-corrected chi connectivity index (χ3v) is 2.86. The highest BCUT2D eigenvalue weighted by Gasteiger charge is 2.26. The quantitative estimate of drug-likeness (QED) is 0.890. The van der Waals surface area contributed by atoms with Crippen molar-refractivity contribution < 1.29 is 4.74 Å². The maximum atomic E-state index is 11.5. The predicted octanol–water partition coefficient (Wildman–Crippen LogP) is 1.66. The fourth-order valence-corrected chi connectivity index (χ4v) is 1.75. The first-order valence-corrected chi connectivity index (χ1v) is 6.06. The van der Waals surface area contributed by atoms with Crippen molar-refractivity contribution in [3.63, 3.8) is 0 Å². The van der Waals surface area contributed by atoms with Gasteiger partial charge in [-0.05, 0) is 19.8 Å². The molecule has 0 spiro atoms. The number of hydrogen-bond donors (Lipinski definition) is 1. The first kappa shape index (κ1) is 11.0. The largest absolute Gasteiger partial charge is 0.435 e. The molecule has 1 aliphatic rings. The number of hydrogen-bond acceptors (Lipinski definition) is 4. The number of aromatic nitrogens is 4. The van der Waals surface area contributed by atoms with Gasteiger partial charge in [-0.25, -0.2) is 0 Å². The van der Waals surface area contributed by atoms with Crippen LogP contribution in [-0.4, -0.2) is 19.7 Å². The maximum absolute atomic E-state index is 11.5. The van der Waals surface area contributed by atoms with Gasteiger partial charge < -0.3 is 9.72 Å². The Bertz CT molecular complexity index is 613. The minimum Gasteiger partial charge on any atom is -0.435 e. The molecular formula is C12H14N4O2. The minimum atomic E-state index is -0.176. The molecular weight excluding hydrogens is 232 g/mol. The lowest BCUT2D eigenvalue weighted by atomic mass is 10.4. The average molecular weight is 246 g/mol. The number of nitrogens with zero attached hydrogens (tertiary/aromatic N) is 3. The van der Waals surface area contributed by atoms with Crippen LogP contribution in [0.5, 0.6) is 11.6 Å². The first-order valence-electron chi connectivity index (χ1n) is 6.06. The van der Waals surface area contributed by atoms with Crippen molar-refractivity contribution in [2.75, 3.05) is 0 Å². The van der Waals surface area contributed by atoms with Gasteiger partial charge in [-0.3, -0.25) is 9.48 Å². The highest BCUT2D eigenvalue weighted by Crippen LogP contribution is 2.38. The Balaban J connectivity index is 1.85. The van der Waals surface area contributed by atoms with Crippen LogP contribution < -0.4 is 10.3 Å². The molecule has 1 N–H and O–H groups in total. The molecule has 0 unspecified atom stereocenters. The highest BCUT2D eigenvalue weighted by molar-refractivity contribution is 5.22. The number of rotatable bonds is 4. The predicted molar refractivity (Wildman–Crippen MR) is 64.8 cm³/mol. The number of nitrogens with one attached hydrogen (secondary N) is 1. The molecule has 1 saturated carbocycles. The standard InChI is InChI=1S/C12H14N4O2/c1-2-16-7-9(6-13-16)18-11-5-10(17)14-12(15-11)8-3-4-8/h5-8H,2-4H2,1H3,(H,14,15,17). The van der Waals surface area contributed by atoms with E-state index in [9.17, 15) is 4.79 Å². The number of H-pyrrole nitrogens is 1. The van der Waals surface area contributed by atoms with Gasteiger partial charge in [-0.15, -0.1) is 0 Å². The summed E-state index contributed by atoms with van der Waals surface area (Å²) in [5.41, 5.74) is -0.176. The fraction of sp³-hybridized carbons (Fsp3) is 0.417. The third-order valence-electron chi connectivity index (χ3n) is 2.86. The van der Waals surface area contributed by atoms with E-state index in [4.69, 9.17) is 4.74 Å². The van der Waals surface area contributed by atoms with Gasteiger partial charge in [0.15, 0.2) is 5.75 Å². The highest BCUT2D eigenvalue weighted by atomic mass is 16.5. The Kier molecular flexibility index (Phi) is 2.62. The zero-order valence-electron chi connectivity index (χ0n) is 10.1. The second kappa shape index (κ2) is 4.29. The van der Waals surface area contributed by atoms with Crippen LogP contribution in [0.1, 0.15) is 31.5 Å². The van der Waals surface area contributed by atoms with E-state index in [1.165, 1.54) is 6.07 Å². The van der Waals surface area contributed by atoms with Gasteiger partial charge in [0.25, 0.3) is 5.56 Å². The number of aryl methyl sites for hydroxylation is 1. The van der Waals surface area contributed by atoms with Gasteiger partial charge in [0.1, 0.15) is 5.82 Å². The SMILES string of the molecule is CCn1cc(Oc2cc(=O)[nH]c(C3CC3)n2)cn1. The lowest BCUT2D eigenvalue weighted by Gasteiger charge is -2.03. The van der Waals surface area contributed by atoms with E-state index >= 15 is 0 Å². The van der Waals surface area contributed by atoms with Crippen LogP contribution in [0.3, 0.4) is 0 Å². The van der Waals surface area contributed by atoms with Crippen LogP contribution in [-0.2, 0) is 6.54 Å². The smallest absolute Gasteiger partial charge is 0.254 e. The zero-order valence-corrected chi connectivity index (χ0v) is 10.1. The normalized spacial score (nSPS) is 14.7. The van der Waals surface area contributed by atoms with E-state index in [0.29, 0.717) is 17.5 Å². The van der Waals surface area contributed by atoms with Crippen molar-refractivity contribution in [2.24, 2.45) is 0 Å². The van der Waals surface area contributed by atoms with Crippen LogP contribution in [0.25, 0.3) is 0 Å². The van der Waals surface area contributed by atoms with Gasteiger partial charge >= 0.3 is 0 Å². The summed E-state index contributed by atoms with van der Waals surface area (Å²) < 4.78 is 7.30. The molecule has 3 rings (SSSR count). The topological polar surface area (TPSA) is 72.8 Å². The van der Waals surface area contributed by atoms with Crippen molar-refractivity contribution in [2.45, 2.75) is 32.2 Å². The second-order valence-electron chi connectivity index (χ2n) is 4.38. The Morgan fingerprint density at radius 3 is 3.06 bits per heavy atom. The van der Waals surface area contributed by atoms with Crippen LogP contribution in [0.4, 0.5) is 0 Å². The number of aromatic amines is 1. The van der Waals surface area contributed by atoms with Crippen molar-refractivity contribution >= 4 is 0 Å². The van der Waals surface area contributed by atoms with Crippen molar-refractivity contribution in [3.8, 4) is 11.6 Å². The maximum Gasteiger partial charge on any atom is 0.254 e. The molecule has 1 fully saturated rings. The van der Waals surface area contributed by atoms with E-state index in [0.717, 1.165) is 25.2 Å². The van der Waals surface area contributed by atoms with Crippen LogP contribution in [0.2, 0.25) is 0 Å². The molecule has 0 saturated heterocycles. The van der Waals surface area contributed by atoms with Crippen LogP contribution >= 0.6 is 0 Å². The lowest BCUT2D eigenvalue weighted by molar-refractivity contribution is 0.456. The molecule has 0 aromatic carbocycles. The van der Waals surface area contributed by atoms with E-state index in [2.05, 4.69) is 15.1 Å². The molecule has 1 aliphatic carbocycles. The van der Waals surface area contributed by atoms with Crippen molar-refractivity contribution in [1.29, 1.82) is 0 Å². The molecule has 0 bridgehead atoms. The van der Waals surface area contributed by atoms with Gasteiger partial charge in [0.05, 0.1) is 18.5 Å². The minimum absolute atomic E-state index is 0.176. The monoisotopic (exact) mass is 246 g/mol. The molecule has 6 heteroatoms. The zero-order chi connectivity index (χ0) is 12.5. The van der Waals surface area contributed by atoms with Gasteiger partial charge in [-0.1, -0.05) is 0 Å². The average Bonchev–Trinajstić information content (AvgIpc) is 3.10. The Hall–Kier alpha value is -2.11. The van der Waals surface area contributed by atoms with Crippen LogP contribution in [0, 0.1) is 0 Å². The summed E-state index contributed by atoms with van der Waals surface area (Å²) in [6.07, 6.45) is 5.56. The van der Waals surface area contributed by atoms with E-state index in [1.54, 1.807) is 17.1 Å². The molecule has 0 atom stereocenters. The van der Waals surface area contributed by atoms with Crippen LogP contribution in [0.15, 0.2) is 23.3 Å². The van der Waals surface area contributed by atoms with E-state index < -0.39 is 0 Å². The molecule has 6 nitrogen and oxygen atoms in total. The number of ether oxygens (including phenoxy) is 1. The lowest BCUT2D eigenvalue weighted by Crippen LogP contribution is -2.10. The molecule has 2 heterocycles. The summed E-state index contributed by atoms with van der Waals surface area (Å²) in [5.74, 6) is 2.04. The molecule has 94 valence electrons. The Labute approximate surface area is 104 Å². The van der Waals surface area contributed by atoms with Gasteiger partial charge in [0, 0.05) is 12.5 Å². The molecule has 0 aliphatic heterocycles. The summed E-state index contributed by atoms with van der Waals surface area (Å²) >= 11 is 0. The van der Waals surface area contributed by atoms with Gasteiger partial charge in [-0.2, -0.15) is 10.1 Å². The molecule has 18 heavy (non-hydrogen) atoms. The Morgan fingerprint density at radius 1 is 1.56 bits per heavy atom. The summed E-state index contributed by atoms with van der Waals surface area (Å²) in [4.78, 5) is 18.6. The molecule has 2 aromatic rings. The summed E-state index contributed by atoms with van der Waals surface area (Å²) in [6.45, 7) is 2.77. The molecule has 0 radical (unpaired) electrons. The molecule has 0 amide bonds. The van der Waals surface area contributed by atoms with E-state index in [1.807, 2.05) is 6.92 Å². The third kappa shape index (κ3) is 2.27. The van der Waals surface area contributed by atoms with Crippen molar-refractivity contribution in [1.82, 2.24) is 19.7 Å². The molecule has 2 aromatic heterocycles. The van der Waals surface area contributed by atoms with Gasteiger partial charge in [0.2, 0.25) is 5.88 Å². The Morgan fingerprint density at radius 2 is 2.39 bits per heavy atom. The first-order chi connectivity index (χ1) is 8.74.